The van der Waals surface area contributed by atoms with Gasteiger partial charge in [-0.2, -0.15) is 5.10 Å². The summed E-state index contributed by atoms with van der Waals surface area (Å²) in [4.78, 5) is 34.9. The van der Waals surface area contributed by atoms with Gasteiger partial charge in [0.1, 0.15) is 0 Å². The summed E-state index contributed by atoms with van der Waals surface area (Å²) in [6.45, 7) is 0. The van der Waals surface area contributed by atoms with Crippen molar-refractivity contribution in [3.05, 3.63) is 69.8 Å². The monoisotopic (exact) mass is 364 g/mol. The second kappa shape index (κ2) is 7.53. The minimum Gasteiger partial charge on any atom is -0.363 e. The van der Waals surface area contributed by atoms with Gasteiger partial charge in [-0.1, -0.05) is 0 Å². The summed E-state index contributed by atoms with van der Waals surface area (Å²) in [5.74, 6) is 0.342. The van der Waals surface area contributed by atoms with E-state index >= 15 is 0 Å². The molecule has 8 heteroatoms. The number of anilines is 1. The van der Waals surface area contributed by atoms with E-state index in [0.29, 0.717) is 5.82 Å². The number of aromatic nitrogens is 5. The molecule has 0 radical (unpaired) electrons. The Morgan fingerprint density at radius 2 is 1.93 bits per heavy atom. The summed E-state index contributed by atoms with van der Waals surface area (Å²) in [5.41, 5.74) is 1.31. The Hall–Kier alpha value is -3.29. The van der Waals surface area contributed by atoms with E-state index in [4.69, 9.17) is 0 Å². The van der Waals surface area contributed by atoms with Crippen LogP contribution in [0, 0.1) is 0 Å². The van der Waals surface area contributed by atoms with Crippen LogP contribution in [0.1, 0.15) is 31.7 Å². The molecule has 3 heterocycles. The van der Waals surface area contributed by atoms with Crippen molar-refractivity contribution in [3.8, 4) is 11.3 Å². The van der Waals surface area contributed by atoms with Crippen LogP contribution in [0.2, 0.25) is 0 Å². The lowest BCUT2D eigenvalue weighted by Crippen LogP contribution is -2.34. The van der Waals surface area contributed by atoms with E-state index < -0.39 is 0 Å². The van der Waals surface area contributed by atoms with E-state index in [0.717, 1.165) is 36.9 Å². The van der Waals surface area contributed by atoms with Crippen LogP contribution in [0.5, 0.6) is 0 Å². The Morgan fingerprint density at radius 1 is 1.07 bits per heavy atom. The molecule has 2 N–H and O–H groups in total. The molecular formula is C19H20N6O2. The second-order valence-corrected chi connectivity index (χ2v) is 6.66. The fourth-order valence-electron chi connectivity index (χ4n) is 3.47. The number of nitrogens with one attached hydrogen (secondary N) is 2. The van der Waals surface area contributed by atoms with Gasteiger partial charge >= 0.3 is 0 Å². The van der Waals surface area contributed by atoms with Crippen molar-refractivity contribution in [2.75, 3.05) is 5.32 Å². The molecule has 0 unspecified atom stereocenters. The molecule has 0 bridgehead atoms. The molecule has 0 aromatic carbocycles. The van der Waals surface area contributed by atoms with Crippen molar-refractivity contribution in [2.45, 2.75) is 37.8 Å². The zero-order chi connectivity index (χ0) is 18.6. The fraction of sp³-hybridized carbons (Fsp3) is 0.316. The third kappa shape index (κ3) is 3.79. The van der Waals surface area contributed by atoms with E-state index in [1.54, 1.807) is 35.4 Å². The molecule has 0 amide bonds. The molecule has 3 aromatic heterocycles. The summed E-state index contributed by atoms with van der Waals surface area (Å²) in [6, 6.07) is 7.28. The second-order valence-electron chi connectivity index (χ2n) is 6.66. The number of rotatable bonds is 4. The number of hydrogen-bond acceptors (Lipinski definition) is 6. The summed E-state index contributed by atoms with van der Waals surface area (Å²) < 4.78 is 1.59. The molecule has 0 aliphatic heterocycles. The minimum absolute atomic E-state index is 0.0502. The first-order valence-corrected chi connectivity index (χ1v) is 9.01. The molecular weight excluding hydrogens is 344 g/mol. The highest BCUT2D eigenvalue weighted by molar-refractivity contribution is 5.56. The standard InChI is InChI=1S/C19H20N6O2/c26-17-8-7-16(13-2-1-9-20-12-13)24-25(17)15-5-3-14(4-6-15)23-18-19(27)22-11-10-21-18/h1-2,7-12,14-15H,3-6H2,(H,21,23)(H,22,27). The molecule has 1 aliphatic rings. The number of pyridine rings is 1. The van der Waals surface area contributed by atoms with E-state index in [9.17, 15) is 9.59 Å². The smallest absolute Gasteiger partial charge is 0.290 e. The predicted octanol–water partition coefficient (Wildman–Crippen LogP) is 1.98. The third-order valence-electron chi connectivity index (χ3n) is 4.87. The lowest BCUT2D eigenvalue weighted by molar-refractivity contribution is 0.304. The van der Waals surface area contributed by atoms with Crippen LogP contribution < -0.4 is 16.4 Å². The van der Waals surface area contributed by atoms with Crippen LogP contribution in [0.25, 0.3) is 11.3 Å². The Balaban J connectivity index is 1.47. The van der Waals surface area contributed by atoms with Gasteiger partial charge in [0, 0.05) is 42.5 Å². The Morgan fingerprint density at radius 3 is 2.67 bits per heavy atom. The third-order valence-corrected chi connectivity index (χ3v) is 4.87. The van der Waals surface area contributed by atoms with E-state index in [1.165, 1.54) is 6.20 Å². The lowest BCUT2D eigenvalue weighted by Gasteiger charge is -2.29. The largest absolute Gasteiger partial charge is 0.363 e. The molecule has 0 atom stereocenters. The van der Waals surface area contributed by atoms with Crippen molar-refractivity contribution in [1.82, 2.24) is 24.7 Å². The van der Waals surface area contributed by atoms with Crippen LogP contribution in [-0.2, 0) is 0 Å². The summed E-state index contributed by atoms with van der Waals surface area (Å²) in [6.07, 6.45) is 9.82. The Kier molecular flexibility index (Phi) is 4.78. The fourth-order valence-corrected chi connectivity index (χ4v) is 3.47. The summed E-state index contributed by atoms with van der Waals surface area (Å²) in [7, 11) is 0. The first kappa shape index (κ1) is 17.1. The molecule has 0 spiro atoms. The normalized spacial score (nSPS) is 19.6. The van der Waals surface area contributed by atoms with Gasteiger partial charge in [-0.3, -0.25) is 14.6 Å². The highest BCUT2D eigenvalue weighted by Gasteiger charge is 2.24. The van der Waals surface area contributed by atoms with Crippen molar-refractivity contribution in [2.24, 2.45) is 0 Å². The van der Waals surface area contributed by atoms with E-state index in [1.807, 2.05) is 12.1 Å². The molecule has 1 aliphatic carbocycles. The molecule has 1 fully saturated rings. The van der Waals surface area contributed by atoms with Gasteiger partial charge in [-0.25, -0.2) is 9.67 Å². The van der Waals surface area contributed by atoms with Crippen LogP contribution in [-0.4, -0.2) is 30.8 Å². The highest BCUT2D eigenvalue weighted by atomic mass is 16.1. The highest BCUT2D eigenvalue weighted by Crippen LogP contribution is 2.28. The number of aromatic amines is 1. The van der Waals surface area contributed by atoms with Crippen molar-refractivity contribution < 1.29 is 0 Å². The van der Waals surface area contributed by atoms with Gasteiger partial charge in [-0.15, -0.1) is 0 Å². The van der Waals surface area contributed by atoms with Crippen LogP contribution in [0.3, 0.4) is 0 Å². The maximum atomic E-state index is 12.3. The SMILES string of the molecule is O=c1[nH]ccnc1NC1CCC(n2nc(-c3cccnc3)ccc2=O)CC1. The van der Waals surface area contributed by atoms with Crippen molar-refractivity contribution in [1.29, 1.82) is 0 Å². The number of nitrogens with zero attached hydrogens (tertiary/aromatic N) is 4. The lowest BCUT2D eigenvalue weighted by atomic mass is 9.91. The molecule has 3 aromatic rings. The zero-order valence-corrected chi connectivity index (χ0v) is 14.7. The average molecular weight is 364 g/mol. The first-order valence-electron chi connectivity index (χ1n) is 9.01. The number of H-pyrrole nitrogens is 1. The maximum absolute atomic E-state index is 12.3. The van der Waals surface area contributed by atoms with Crippen molar-refractivity contribution in [3.63, 3.8) is 0 Å². The van der Waals surface area contributed by atoms with Gasteiger partial charge in [0.25, 0.3) is 11.1 Å². The van der Waals surface area contributed by atoms with Gasteiger partial charge in [0.2, 0.25) is 0 Å². The Bertz CT molecular complexity index is 1020. The van der Waals surface area contributed by atoms with Gasteiger partial charge in [0.05, 0.1) is 11.7 Å². The molecule has 27 heavy (non-hydrogen) atoms. The molecule has 1 saturated carbocycles. The number of hydrogen-bond donors (Lipinski definition) is 2. The van der Waals surface area contributed by atoms with Crippen LogP contribution >= 0.6 is 0 Å². The predicted molar refractivity (Wildman–Crippen MR) is 102 cm³/mol. The van der Waals surface area contributed by atoms with Crippen LogP contribution in [0.15, 0.2) is 58.6 Å². The quantitative estimate of drug-likeness (QED) is 0.733. The molecule has 0 saturated heterocycles. The minimum atomic E-state index is -0.221. The van der Waals surface area contributed by atoms with Gasteiger partial charge < -0.3 is 10.3 Å². The average Bonchev–Trinajstić information content (AvgIpc) is 2.71. The van der Waals surface area contributed by atoms with Crippen LogP contribution in [0.4, 0.5) is 5.82 Å². The molecule has 8 nitrogen and oxygen atoms in total. The zero-order valence-electron chi connectivity index (χ0n) is 14.7. The maximum Gasteiger partial charge on any atom is 0.290 e. The summed E-state index contributed by atoms with van der Waals surface area (Å²) in [5, 5.41) is 7.77. The van der Waals surface area contributed by atoms with Crippen molar-refractivity contribution >= 4 is 5.82 Å². The van der Waals surface area contributed by atoms with Gasteiger partial charge in [-0.05, 0) is 43.9 Å². The summed E-state index contributed by atoms with van der Waals surface area (Å²) >= 11 is 0. The Labute approximate surface area is 155 Å². The van der Waals surface area contributed by atoms with E-state index in [-0.39, 0.29) is 23.2 Å². The van der Waals surface area contributed by atoms with Gasteiger partial charge in [0.15, 0.2) is 5.82 Å². The topological polar surface area (TPSA) is 106 Å². The van der Waals surface area contributed by atoms with E-state index in [2.05, 4.69) is 25.4 Å². The molecule has 138 valence electrons. The first-order chi connectivity index (χ1) is 13.2. The molecule has 4 rings (SSSR count).